The van der Waals surface area contributed by atoms with Crippen molar-refractivity contribution in [3.8, 4) is 0 Å². The molecule has 0 bridgehead atoms. The summed E-state index contributed by atoms with van der Waals surface area (Å²) in [4.78, 5) is 15.5. The molecule has 1 aliphatic carbocycles. The molecule has 1 fully saturated rings. The number of aromatic nitrogens is 1. The van der Waals surface area contributed by atoms with Crippen LogP contribution in [0, 0.1) is 6.92 Å². The third-order valence-electron chi connectivity index (χ3n) is 3.46. The maximum atomic E-state index is 11.2. The van der Waals surface area contributed by atoms with Crippen LogP contribution in [0.15, 0.2) is 12.1 Å². The summed E-state index contributed by atoms with van der Waals surface area (Å²) < 4.78 is 0. The third kappa shape index (κ3) is 3.22. The van der Waals surface area contributed by atoms with Crippen LogP contribution >= 0.6 is 0 Å². The topological polar surface area (TPSA) is 62.2 Å². The quantitative estimate of drug-likeness (QED) is 0.806. The van der Waals surface area contributed by atoms with E-state index >= 15 is 0 Å². The van der Waals surface area contributed by atoms with E-state index in [0.29, 0.717) is 11.9 Å². The zero-order chi connectivity index (χ0) is 13.0. The Morgan fingerprint density at radius 3 is 2.56 bits per heavy atom. The van der Waals surface area contributed by atoms with Crippen molar-refractivity contribution >= 4 is 11.8 Å². The fraction of sp³-hybridized carbons (Fsp3) is 0.571. The van der Waals surface area contributed by atoms with Gasteiger partial charge >= 0.3 is 5.97 Å². The average Bonchev–Trinajstić information content (AvgIpc) is 2.57. The fourth-order valence-electron chi connectivity index (χ4n) is 2.46. The Bertz CT molecular complexity index is 424. The van der Waals surface area contributed by atoms with Crippen LogP contribution in [0.1, 0.15) is 54.6 Å². The molecule has 0 atom stereocenters. The normalized spacial score (nSPS) is 17.2. The Balaban J connectivity index is 2.15. The van der Waals surface area contributed by atoms with E-state index in [4.69, 9.17) is 5.11 Å². The number of carboxylic acids is 1. The van der Waals surface area contributed by atoms with E-state index < -0.39 is 5.97 Å². The molecule has 1 saturated carbocycles. The number of carbonyl (C=O) groups is 1. The molecule has 2 N–H and O–H groups in total. The Labute approximate surface area is 107 Å². The average molecular weight is 248 g/mol. The number of rotatable bonds is 3. The maximum absolute atomic E-state index is 11.2. The first kappa shape index (κ1) is 12.9. The molecule has 0 radical (unpaired) electrons. The van der Waals surface area contributed by atoms with Gasteiger partial charge in [0.15, 0.2) is 0 Å². The Morgan fingerprint density at radius 1 is 1.28 bits per heavy atom. The van der Waals surface area contributed by atoms with Crippen molar-refractivity contribution in [2.75, 3.05) is 5.32 Å². The lowest BCUT2D eigenvalue weighted by atomic mass is 10.1. The first-order valence-electron chi connectivity index (χ1n) is 6.64. The van der Waals surface area contributed by atoms with Crippen molar-refractivity contribution in [2.45, 2.75) is 51.5 Å². The number of carboxylic acid groups (broad SMARTS) is 1. The monoisotopic (exact) mass is 248 g/mol. The first-order valence-corrected chi connectivity index (χ1v) is 6.64. The van der Waals surface area contributed by atoms with Gasteiger partial charge in [0.1, 0.15) is 11.4 Å². The largest absolute Gasteiger partial charge is 0.478 e. The van der Waals surface area contributed by atoms with Crippen molar-refractivity contribution in [2.24, 2.45) is 0 Å². The predicted molar refractivity (Wildman–Crippen MR) is 71.0 cm³/mol. The van der Waals surface area contributed by atoms with E-state index in [-0.39, 0.29) is 5.56 Å². The summed E-state index contributed by atoms with van der Waals surface area (Å²) in [6.07, 6.45) is 7.21. The van der Waals surface area contributed by atoms with Gasteiger partial charge in [-0.15, -0.1) is 0 Å². The summed E-state index contributed by atoms with van der Waals surface area (Å²) in [5, 5.41) is 12.5. The molecular weight excluding hydrogens is 228 g/mol. The second-order valence-corrected chi connectivity index (χ2v) is 4.99. The van der Waals surface area contributed by atoms with E-state index in [9.17, 15) is 4.79 Å². The SMILES string of the molecule is Cc1ccc(C(=O)O)c(NC2CCCCCC2)n1. The molecule has 1 heterocycles. The summed E-state index contributed by atoms with van der Waals surface area (Å²) in [7, 11) is 0. The van der Waals surface area contributed by atoms with Gasteiger partial charge in [0.2, 0.25) is 0 Å². The second kappa shape index (κ2) is 5.85. The molecule has 0 aliphatic heterocycles. The van der Waals surface area contributed by atoms with Crippen LogP contribution in [-0.4, -0.2) is 22.1 Å². The number of aryl methyl sites for hydroxylation is 1. The highest BCUT2D eigenvalue weighted by molar-refractivity contribution is 5.93. The number of pyridine rings is 1. The van der Waals surface area contributed by atoms with E-state index in [0.717, 1.165) is 18.5 Å². The Hall–Kier alpha value is -1.58. The number of hydrogen-bond donors (Lipinski definition) is 2. The molecule has 1 aromatic heterocycles. The lowest BCUT2D eigenvalue weighted by molar-refractivity contribution is 0.0697. The van der Waals surface area contributed by atoms with Gasteiger partial charge in [-0.2, -0.15) is 0 Å². The van der Waals surface area contributed by atoms with Gasteiger partial charge in [0.05, 0.1) is 0 Å². The molecule has 4 nitrogen and oxygen atoms in total. The molecule has 0 amide bonds. The highest BCUT2D eigenvalue weighted by Crippen LogP contribution is 2.22. The summed E-state index contributed by atoms with van der Waals surface area (Å²) in [5.41, 5.74) is 1.11. The van der Waals surface area contributed by atoms with Crippen LogP contribution in [0.25, 0.3) is 0 Å². The molecule has 4 heteroatoms. The molecule has 0 aromatic carbocycles. The maximum Gasteiger partial charge on any atom is 0.339 e. The fourth-order valence-corrected chi connectivity index (χ4v) is 2.46. The van der Waals surface area contributed by atoms with Crippen molar-refractivity contribution in [3.63, 3.8) is 0 Å². The number of hydrogen-bond acceptors (Lipinski definition) is 3. The number of aromatic carboxylic acids is 1. The Morgan fingerprint density at radius 2 is 1.94 bits per heavy atom. The lowest BCUT2D eigenvalue weighted by Crippen LogP contribution is -2.21. The number of anilines is 1. The van der Waals surface area contributed by atoms with Gasteiger partial charge in [-0.05, 0) is 31.9 Å². The molecule has 98 valence electrons. The zero-order valence-corrected chi connectivity index (χ0v) is 10.8. The van der Waals surface area contributed by atoms with Crippen LogP contribution in [0.5, 0.6) is 0 Å². The minimum absolute atomic E-state index is 0.268. The van der Waals surface area contributed by atoms with Gasteiger partial charge < -0.3 is 10.4 Å². The van der Waals surface area contributed by atoms with Crippen LogP contribution in [-0.2, 0) is 0 Å². The van der Waals surface area contributed by atoms with Crippen molar-refractivity contribution in [3.05, 3.63) is 23.4 Å². The van der Waals surface area contributed by atoms with Crippen LogP contribution in [0.2, 0.25) is 0 Å². The van der Waals surface area contributed by atoms with Crippen LogP contribution in [0.3, 0.4) is 0 Å². The van der Waals surface area contributed by atoms with Crippen LogP contribution in [0.4, 0.5) is 5.82 Å². The zero-order valence-electron chi connectivity index (χ0n) is 10.8. The molecule has 1 aromatic rings. The summed E-state index contributed by atoms with van der Waals surface area (Å²) >= 11 is 0. The van der Waals surface area contributed by atoms with Gasteiger partial charge in [0.25, 0.3) is 0 Å². The lowest BCUT2D eigenvalue weighted by Gasteiger charge is -2.18. The van der Waals surface area contributed by atoms with Gasteiger partial charge in [-0.25, -0.2) is 9.78 Å². The first-order chi connectivity index (χ1) is 8.66. The molecule has 18 heavy (non-hydrogen) atoms. The summed E-state index contributed by atoms with van der Waals surface area (Å²) in [5.74, 6) is -0.395. The van der Waals surface area contributed by atoms with E-state index in [2.05, 4.69) is 10.3 Å². The highest BCUT2D eigenvalue weighted by atomic mass is 16.4. The van der Waals surface area contributed by atoms with E-state index in [1.54, 1.807) is 12.1 Å². The van der Waals surface area contributed by atoms with E-state index in [1.807, 2.05) is 6.92 Å². The standard InChI is InChI=1S/C14H20N2O2/c1-10-8-9-12(14(17)18)13(15-10)16-11-6-4-2-3-5-7-11/h8-9,11H,2-7H2,1H3,(H,15,16)(H,17,18). The van der Waals surface area contributed by atoms with Crippen molar-refractivity contribution < 1.29 is 9.90 Å². The van der Waals surface area contributed by atoms with Gasteiger partial charge in [-0.1, -0.05) is 25.7 Å². The third-order valence-corrected chi connectivity index (χ3v) is 3.46. The second-order valence-electron chi connectivity index (χ2n) is 4.99. The molecular formula is C14H20N2O2. The number of nitrogens with one attached hydrogen (secondary N) is 1. The molecule has 2 rings (SSSR count). The highest BCUT2D eigenvalue weighted by Gasteiger charge is 2.17. The van der Waals surface area contributed by atoms with Crippen LogP contribution < -0.4 is 5.32 Å². The minimum atomic E-state index is -0.918. The van der Waals surface area contributed by atoms with Gasteiger partial charge in [-0.3, -0.25) is 0 Å². The smallest absolute Gasteiger partial charge is 0.339 e. The van der Waals surface area contributed by atoms with Crippen molar-refractivity contribution in [1.82, 2.24) is 4.98 Å². The summed E-state index contributed by atoms with van der Waals surface area (Å²) in [6.45, 7) is 1.88. The molecule has 1 aliphatic rings. The van der Waals surface area contributed by atoms with Gasteiger partial charge in [0, 0.05) is 11.7 Å². The molecule has 0 saturated heterocycles. The number of nitrogens with zero attached hydrogens (tertiary/aromatic N) is 1. The molecule has 0 spiro atoms. The summed E-state index contributed by atoms with van der Waals surface area (Å²) in [6, 6.07) is 3.73. The molecule has 0 unspecified atom stereocenters. The van der Waals surface area contributed by atoms with Crippen molar-refractivity contribution in [1.29, 1.82) is 0 Å². The Kier molecular flexibility index (Phi) is 4.18. The van der Waals surface area contributed by atoms with E-state index in [1.165, 1.54) is 25.7 Å². The minimum Gasteiger partial charge on any atom is -0.478 e. The predicted octanol–water partition coefficient (Wildman–Crippen LogP) is 3.22.